The Morgan fingerprint density at radius 3 is 2.11 bits per heavy atom. The molecule has 3 heteroatoms. The molecule has 0 bridgehead atoms. The van der Waals surface area contributed by atoms with Crippen LogP contribution in [-0.2, 0) is 11.2 Å². The first-order valence-electron chi connectivity index (χ1n) is 11.0. The number of carbonyl (C=O) groups excluding carboxylic acids is 1. The second kappa shape index (κ2) is 12.6. The number of rotatable bonds is 14. The highest BCUT2D eigenvalue weighted by molar-refractivity contribution is 5.94. The van der Waals surface area contributed by atoms with Crippen molar-refractivity contribution in [1.82, 2.24) is 4.98 Å². The lowest BCUT2D eigenvalue weighted by Gasteiger charge is -2.02. The van der Waals surface area contributed by atoms with Gasteiger partial charge in [-0.25, -0.2) is 4.79 Å². The Balaban J connectivity index is 1.62. The number of aromatic nitrogens is 1. The molecular weight excluding hydrogens is 334 g/mol. The summed E-state index contributed by atoms with van der Waals surface area (Å²) < 4.78 is 5.07. The van der Waals surface area contributed by atoms with Crippen LogP contribution in [0, 0.1) is 0 Å². The third-order valence-corrected chi connectivity index (χ3v) is 5.24. The van der Waals surface area contributed by atoms with Gasteiger partial charge in [0.1, 0.15) is 0 Å². The van der Waals surface area contributed by atoms with E-state index in [1.165, 1.54) is 81.7 Å². The minimum atomic E-state index is -0.249. The van der Waals surface area contributed by atoms with Crippen molar-refractivity contribution in [3.63, 3.8) is 0 Å². The van der Waals surface area contributed by atoms with E-state index in [9.17, 15) is 4.79 Å². The van der Waals surface area contributed by atoms with E-state index in [1.807, 2.05) is 25.1 Å². The largest absolute Gasteiger partial charge is 0.462 e. The van der Waals surface area contributed by atoms with Crippen molar-refractivity contribution in [2.24, 2.45) is 0 Å². The second-order valence-corrected chi connectivity index (χ2v) is 7.60. The molecule has 0 saturated carbocycles. The van der Waals surface area contributed by atoms with Gasteiger partial charge in [0.2, 0.25) is 0 Å². The van der Waals surface area contributed by atoms with Gasteiger partial charge in [-0.15, -0.1) is 0 Å². The first-order valence-corrected chi connectivity index (χ1v) is 11.0. The number of unbranched alkanes of at least 4 members (excludes halogenated alkanes) is 10. The van der Waals surface area contributed by atoms with Crippen LogP contribution in [-0.4, -0.2) is 17.6 Å². The lowest BCUT2D eigenvalue weighted by molar-refractivity contribution is 0.0526. The molecule has 1 aromatic heterocycles. The van der Waals surface area contributed by atoms with Crippen LogP contribution in [0.3, 0.4) is 0 Å². The van der Waals surface area contributed by atoms with Crippen LogP contribution >= 0.6 is 0 Å². The summed E-state index contributed by atoms with van der Waals surface area (Å²) in [6.07, 6.45) is 16.2. The summed E-state index contributed by atoms with van der Waals surface area (Å²) in [5.74, 6) is -0.249. The van der Waals surface area contributed by atoms with Crippen molar-refractivity contribution >= 4 is 16.9 Å². The highest BCUT2D eigenvalue weighted by atomic mass is 16.5. The van der Waals surface area contributed by atoms with Gasteiger partial charge in [0, 0.05) is 11.2 Å². The summed E-state index contributed by atoms with van der Waals surface area (Å²) in [7, 11) is 0. The number of nitrogens with one attached hydrogen (secondary N) is 1. The maximum atomic E-state index is 11.8. The van der Waals surface area contributed by atoms with E-state index in [2.05, 4.69) is 18.0 Å². The molecule has 27 heavy (non-hydrogen) atoms. The Morgan fingerprint density at radius 2 is 1.48 bits per heavy atom. The molecule has 0 atom stereocenters. The quantitative estimate of drug-likeness (QED) is 0.282. The average molecular weight is 372 g/mol. The molecule has 0 amide bonds. The molecule has 1 aromatic carbocycles. The minimum Gasteiger partial charge on any atom is -0.462 e. The monoisotopic (exact) mass is 371 g/mol. The summed E-state index contributed by atoms with van der Waals surface area (Å²) in [6, 6.07) is 7.96. The number of aryl methyl sites for hydroxylation is 1. The lowest BCUT2D eigenvalue weighted by Crippen LogP contribution is -2.03. The molecule has 0 spiro atoms. The van der Waals surface area contributed by atoms with Gasteiger partial charge in [0.05, 0.1) is 12.2 Å². The van der Waals surface area contributed by atoms with Gasteiger partial charge in [-0.2, -0.15) is 0 Å². The smallest absolute Gasteiger partial charge is 0.338 e. The van der Waals surface area contributed by atoms with Crippen LogP contribution in [0.5, 0.6) is 0 Å². The summed E-state index contributed by atoms with van der Waals surface area (Å²) in [4.78, 5) is 15.3. The van der Waals surface area contributed by atoms with Gasteiger partial charge in [-0.3, -0.25) is 0 Å². The highest BCUT2D eigenvalue weighted by Crippen LogP contribution is 2.20. The van der Waals surface area contributed by atoms with Crippen LogP contribution in [0.15, 0.2) is 24.3 Å². The molecule has 0 radical (unpaired) electrons. The van der Waals surface area contributed by atoms with Crippen LogP contribution in [0.2, 0.25) is 0 Å². The fourth-order valence-corrected chi connectivity index (χ4v) is 3.64. The zero-order valence-corrected chi connectivity index (χ0v) is 17.3. The standard InChI is InChI=1S/C24H37NO2/c1-3-5-6-7-8-9-10-11-12-13-14-15-22-18-20-16-17-21(19-23(20)25-22)24(26)27-4-2/h16-19,25H,3-15H2,1-2H3. The molecule has 3 nitrogen and oxygen atoms in total. The maximum Gasteiger partial charge on any atom is 0.338 e. The van der Waals surface area contributed by atoms with Crippen molar-refractivity contribution in [1.29, 1.82) is 0 Å². The van der Waals surface area contributed by atoms with Crippen LogP contribution < -0.4 is 0 Å². The third kappa shape index (κ3) is 7.78. The SMILES string of the molecule is CCCCCCCCCCCCCc1cc2ccc(C(=O)OCC)cc2[nH]1. The third-order valence-electron chi connectivity index (χ3n) is 5.24. The van der Waals surface area contributed by atoms with Crippen molar-refractivity contribution in [2.75, 3.05) is 6.61 Å². The minimum absolute atomic E-state index is 0.249. The molecule has 0 saturated heterocycles. The van der Waals surface area contributed by atoms with Gasteiger partial charge in [0.25, 0.3) is 0 Å². The number of hydrogen-bond acceptors (Lipinski definition) is 2. The van der Waals surface area contributed by atoms with Crippen molar-refractivity contribution in [2.45, 2.75) is 90.9 Å². The molecule has 0 aliphatic rings. The topological polar surface area (TPSA) is 42.1 Å². The van der Waals surface area contributed by atoms with E-state index in [0.717, 1.165) is 11.9 Å². The molecule has 0 fully saturated rings. The highest BCUT2D eigenvalue weighted by Gasteiger charge is 2.08. The van der Waals surface area contributed by atoms with Crippen LogP contribution in [0.4, 0.5) is 0 Å². The van der Waals surface area contributed by atoms with Crippen molar-refractivity contribution < 1.29 is 9.53 Å². The number of esters is 1. The molecule has 0 aliphatic carbocycles. The molecule has 0 unspecified atom stereocenters. The normalized spacial score (nSPS) is 11.2. The Bertz CT molecular complexity index is 674. The number of ether oxygens (including phenoxy) is 1. The van der Waals surface area contributed by atoms with E-state index >= 15 is 0 Å². The first kappa shape index (κ1) is 21.5. The average Bonchev–Trinajstić information content (AvgIpc) is 3.08. The van der Waals surface area contributed by atoms with Crippen molar-refractivity contribution in [3.8, 4) is 0 Å². The Labute approximate surface area is 164 Å². The van der Waals surface area contributed by atoms with Crippen molar-refractivity contribution in [3.05, 3.63) is 35.5 Å². The Morgan fingerprint density at radius 1 is 0.852 bits per heavy atom. The predicted molar refractivity (Wildman–Crippen MR) is 114 cm³/mol. The molecular formula is C24H37NO2. The zero-order valence-electron chi connectivity index (χ0n) is 17.3. The number of fused-ring (bicyclic) bond motifs is 1. The van der Waals surface area contributed by atoms with E-state index in [4.69, 9.17) is 4.74 Å². The van der Waals surface area contributed by atoms with Gasteiger partial charge < -0.3 is 9.72 Å². The summed E-state index contributed by atoms with van der Waals surface area (Å²) in [6.45, 7) is 4.51. The van der Waals surface area contributed by atoms with Gasteiger partial charge in [0.15, 0.2) is 0 Å². The molecule has 150 valence electrons. The molecule has 2 aromatic rings. The number of aromatic amines is 1. The Kier molecular flexibility index (Phi) is 10.0. The number of H-pyrrole nitrogens is 1. The summed E-state index contributed by atoms with van der Waals surface area (Å²) in [5, 5.41) is 1.17. The molecule has 1 heterocycles. The van der Waals surface area contributed by atoms with Gasteiger partial charge in [-0.1, -0.05) is 77.2 Å². The lowest BCUT2D eigenvalue weighted by atomic mass is 10.0. The van der Waals surface area contributed by atoms with E-state index < -0.39 is 0 Å². The second-order valence-electron chi connectivity index (χ2n) is 7.60. The molecule has 1 N–H and O–H groups in total. The maximum absolute atomic E-state index is 11.8. The van der Waals surface area contributed by atoms with Gasteiger partial charge >= 0.3 is 5.97 Å². The number of hydrogen-bond donors (Lipinski definition) is 1. The molecule has 2 rings (SSSR count). The van der Waals surface area contributed by atoms with Gasteiger partial charge in [-0.05, 0) is 43.4 Å². The van der Waals surface area contributed by atoms with E-state index in [1.54, 1.807) is 0 Å². The van der Waals surface area contributed by atoms with Crippen LogP contribution in [0.1, 0.15) is 101 Å². The van der Waals surface area contributed by atoms with Crippen LogP contribution in [0.25, 0.3) is 10.9 Å². The number of carbonyl (C=O) groups is 1. The fourth-order valence-electron chi connectivity index (χ4n) is 3.64. The Hall–Kier alpha value is -1.77. The van der Waals surface area contributed by atoms with E-state index in [-0.39, 0.29) is 5.97 Å². The molecule has 0 aliphatic heterocycles. The summed E-state index contributed by atoms with van der Waals surface area (Å²) >= 11 is 0. The fraction of sp³-hybridized carbons (Fsp3) is 0.625. The zero-order chi connectivity index (χ0) is 19.3. The summed E-state index contributed by atoms with van der Waals surface area (Å²) in [5.41, 5.74) is 2.91. The first-order chi connectivity index (χ1) is 13.2. The predicted octanol–water partition coefficient (Wildman–Crippen LogP) is 7.20. The van der Waals surface area contributed by atoms with E-state index in [0.29, 0.717) is 12.2 Å². The number of benzene rings is 1.